The van der Waals surface area contributed by atoms with E-state index in [9.17, 15) is 9.59 Å². The summed E-state index contributed by atoms with van der Waals surface area (Å²) in [5.41, 5.74) is 2.10. The molecule has 3 aromatic rings. The van der Waals surface area contributed by atoms with E-state index in [1.807, 2.05) is 12.1 Å². The van der Waals surface area contributed by atoms with Gasteiger partial charge in [-0.15, -0.1) is 0 Å². The Balaban J connectivity index is 2.37. The summed E-state index contributed by atoms with van der Waals surface area (Å²) < 4.78 is 5.01. The van der Waals surface area contributed by atoms with Crippen LogP contribution < -0.4 is 0 Å². The van der Waals surface area contributed by atoms with E-state index >= 15 is 0 Å². The van der Waals surface area contributed by atoms with Gasteiger partial charge in [0.25, 0.3) is 5.24 Å². The fourth-order valence-corrected chi connectivity index (χ4v) is 2.31. The van der Waals surface area contributed by atoms with Gasteiger partial charge in [-0.3, -0.25) is 9.59 Å². The molecule has 0 fully saturated rings. The summed E-state index contributed by atoms with van der Waals surface area (Å²) in [6.45, 7) is 1.73. The van der Waals surface area contributed by atoms with Gasteiger partial charge in [-0.1, -0.05) is 23.4 Å². The van der Waals surface area contributed by atoms with Crippen LogP contribution in [0.3, 0.4) is 0 Å². The first kappa shape index (κ1) is 12.6. The van der Waals surface area contributed by atoms with E-state index in [1.54, 1.807) is 19.1 Å². The number of aromatic nitrogens is 2. The summed E-state index contributed by atoms with van der Waals surface area (Å²) in [5.74, 6) is -0.202. The van der Waals surface area contributed by atoms with Crippen LogP contribution in [0.25, 0.3) is 22.2 Å². The summed E-state index contributed by atoms with van der Waals surface area (Å²) in [4.78, 5) is 26.5. The molecule has 0 aliphatic carbocycles. The zero-order valence-corrected chi connectivity index (χ0v) is 11.2. The van der Waals surface area contributed by atoms with Gasteiger partial charge in [0, 0.05) is 10.9 Å². The minimum absolute atomic E-state index is 0.243. The van der Waals surface area contributed by atoms with Crippen LogP contribution in [0.4, 0.5) is 0 Å². The van der Waals surface area contributed by atoms with Crippen molar-refractivity contribution in [1.82, 2.24) is 10.1 Å². The number of hydrogen-bond acceptors (Lipinski definition) is 4. The minimum atomic E-state index is -1.02. The molecule has 1 aromatic carbocycles. The van der Waals surface area contributed by atoms with Crippen molar-refractivity contribution < 1.29 is 14.1 Å². The Morgan fingerprint density at radius 2 is 2.05 bits per heavy atom. The monoisotopic (exact) mass is 288 g/mol. The van der Waals surface area contributed by atoms with Gasteiger partial charge >= 0.3 is 0 Å². The van der Waals surface area contributed by atoms with Crippen LogP contribution in [0.5, 0.6) is 0 Å². The number of aryl methyl sites for hydroxylation is 1. The number of halogens is 1. The second-order valence-corrected chi connectivity index (χ2v) is 4.66. The lowest BCUT2D eigenvalue weighted by atomic mass is 10.0. The summed E-state index contributed by atoms with van der Waals surface area (Å²) >= 11 is 5.35. The van der Waals surface area contributed by atoms with Crippen LogP contribution >= 0.6 is 11.6 Å². The van der Waals surface area contributed by atoms with Gasteiger partial charge in [0.2, 0.25) is 5.78 Å². The van der Waals surface area contributed by atoms with Crippen LogP contribution in [0.1, 0.15) is 16.1 Å². The maximum Gasteiger partial charge on any atom is 0.293 e. The molecule has 0 spiro atoms. The van der Waals surface area contributed by atoms with Crippen molar-refractivity contribution >= 4 is 33.5 Å². The van der Waals surface area contributed by atoms with E-state index in [0.29, 0.717) is 22.4 Å². The molecule has 0 saturated heterocycles. The lowest BCUT2D eigenvalue weighted by molar-refractivity contribution is -0.108. The van der Waals surface area contributed by atoms with Crippen LogP contribution in [0.15, 0.2) is 35.0 Å². The topological polar surface area (TPSA) is 76.0 Å². The van der Waals surface area contributed by atoms with E-state index in [4.69, 9.17) is 16.1 Å². The first-order valence-corrected chi connectivity index (χ1v) is 6.24. The Morgan fingerprint density at radius 3 is 2.70 bits per heavy atom. The quantitative estimate of drug-likeness (QED) is 0.456. The van der Waals surface area contributed by atoms with Crippen molar-refractivity contribution in [2.75, 3.05) is 0 Å². The summed E-state index contributed by atoms with van der Waals surface area (Å²) in [6, 6.07) is 7.19. The number of aromatic amines is 1. The minimum Gasteiger partial charge on any atom is -0.361 e. The molecule has 2 aromatic heterocycles. The Bertz CT molecular complexity index is 832. The molecule has 6 heteroatoms. The van der Waals surface area contributed by atoms with E-state index in [1.165, 1.54) is 6.20 Å². The van der Waals surface area contributed by atoms with Crippen molar-refractivity contribution in [3.63, 3.8) is 0 Å². The maximum absolute atomic E-state index is 12.1. The molecular weight excluding hydrogens is 280 g/mol. The average Bonchev–Trinajstić information content (AvgIpc) is 3.00. The van der Waals surface area contributed by atoms with Crippen molar-refractivity contribution in [3.05, 3.63) is 41.8 Å². The smallest absolute Gasteiger partial charge is 0.293 e. The second kappa shape index (κ2) is 4.61. The van der Waals surface area contributed by atoms with E-state index < -0.39 is 11.0 Å². The number of carbonyl (C=O) groups excluding carboxylic acids is 2. The first-order chi connectivity index (χ1) is 9.59. The Morgan fingerprint density at radius 1 is 1.30 bits per heavy atom. The highest BCUT2D eigenvalue weighted by Crippen LogP contribution is 2.32. The molecule has 0 bridgehead atoms. The average molecular weight is 289 g/mol. The third kappa shape index (κ3) is 1.83. The number of Topliss-reactive ketones (excluding diaryl/α,β-unsaturated/α-hetero) is 1. The molecule has 0 unspecified atom stereocenters. The number of para-hydroxylation sites is 1. The molecule has 100 valence electrons. The van der Waals surface area contributed by atoms with Gasteiger partial charge in [0.05, 0.1) is 23.0 Å². The normalized spacial score (nSPS) is 10.9. The number of carbonyl (C=O) groups is 2. The number of fused-ring (bicyclic) bond motifs is 1. The molecule has 2 heterocycles. The highest BCUT2D eigenvalue weighted by atomic mass is 35.5. The highest BCUT2D eigenvalue weighted by molar-refractivity contribution is 6.83. The molecule has 0 amide bonds. The number of rotatable bonds is 3. The Hall–Kier alpha value is -2.40. The standard InChI is InChI=1S/C14H9ClN2O3/c1-7-9(6-16-20-7)12-11(13(18)14(15)19)8-4-2-3-5-10(8)17-12/h2-6,17H,1H3. The molecule has 0 radical (unpaired) electrons. The fraction of sp³-hybridized carbons (Fsp3) is 0.0714. The van der Waals surface area contributed by atoms with Crippen LogP contribution in [-0.4, -0.2) is 21.2 Å². The zero-order valence-electron chi connectivity index (χ0n) is 10.4. The fourth-order valence-electron chi connectivity index (χ4n) is 2.22. The van der Waals surface area contributed by atoms with Gasteiger partial charge in [-0.05, 0) is 24.6 Å². The van der Waals surface area contributed by atoms with Crippen LogP contribution in [0, 0.1) is 6.92 Å². The lowest BCUT2D eigenvalue weighted by Gasteiger charge is -1.99. The molecule has 0 aliphatic rings. The molecule has 20 heavy (non-hydrogen) atoms. The molecular formula is C14H9ClN2O3. The van der Waals surface area contributed by atoms with Crippen molar-refractivity contribution in [3.8, 4) is 11.3 Å². The van der Waals surface area contributed by atoms with E-state index in [2.05, 4.69) is 10.1 Å². The molecule has 1 N–H and O–H groups in total. The summed E-state index contributed by atoms with van der Waals surface area (Å²) in [5, 5.41) is 3.31. The van der Waals surface area contributed by atoms with E-state index in [-0.39, 0.29) is 5.56 Å². The van der Waals surface area contributed by atoms with Gasteiger partial charge in [0.1, 0.15) is 5.76 Å². The predicted octanol–water partition coefficient (Wildman–Crippen LogP) is 3.08. The molecule has 0 aliphatic heterocycles. The number of ketones is 1. The van der Waals surface area contributed by atoms with Crippen molar-refractivity contribution in [1.29, 1.82) is 0 Å². The molecule has 0 atom stereocenters. The number of hydrogen-bond donors (Lipinski definition) is 1. The van der Waals surface area contributed by atoms with Crippen molar-refractivity contribution in [2.45, 2.75) is 6.92 Å². The SMILES string of the molecule is Cc1oncc1-c1[nH]c2ccccc2c1C(=O)C(=O)Cl. The maximum atomic E-state index is 12.1. The third-order valence-electron chi connectivity index (χ3n) is 3.13. The predicted molar refractivity (Wildman–Crippen MR) is 73.7 cm³/mol. The first-order valence-electron chi connectivity index (χ1n) is 5.86. The second-order valence-electron chi connectivity index (χ2n) is 4.32. The van der Waals surface area contributed by atoms with Gasteiger partial charge in [-0.25, -0.2) is 0 Å². The number of nitrogens with one attached hydrogen (secondary N) is 1. The van der Waals surface area contributed by atoms with E-state index in [0.717, 1.165) is 5.52 Å². The summed E-state index contributed by atoms with van der Waals surface area (Å²) in [7, 11) is 0. The van der Waals surface area contributed by atoms with Gasteiger partial charge in [-0.2, -0.15) is 0 Å². The zero-order chi connectivity index (χ0) is 14.3. The highest BCUT2D eigenvalue weighted by Gasteiger charge is 2.25. The molecule has 5 nitrogen and oxygen atoms in total. The third-order valence-corrected chi connectivity index (χ3v) is 3.30. The molecule has 3 rings (SSSR count). The van der Waals surface area contributed by atoms with Gasteiger partial charge in [0.15, 0.2) is 0 Å². The van der Waals surface area contributed by atoms with Crippen molar-refractivity contribution in [2.24, 2.45) is 0 Å². The Kier molecular flexibility index (Phi) is 2.91. The van der Waals surface area contributed by atoms with Crippen LogP contribution in [-0.2, 0) is 4.79 Å². The largest absolute Gasteiger partial charge is 0.361 e. The molecule has 0 saturated carbocycles. The summed E-state index contributed by atoms with van der Waals surface area (Å²) in [6.07, 6.45) is 1.50. The number of nitrogens with zero attached hydrogens (tertiary/aromatic N) is 1. The Labute approximate surface area is 118 Å². The lowest BCUT2D eigenvalue weighted by Crippen LogP contribution is -2.08. The number of benzene rings is 1. The number of H-pyrrole nitrogens is 1. The van der Waals surface area contributed by atoms with Gasteiger partial charge < -0.3 is 9.51 Å². The van der Waals surface area contributed by atoms with Crippen LogP contribution in [0.2, 0.25) is 0 Å².